The summed E-state index contributed by atoms with van der Waals surface area (Å²) in [7, 11) is 1.66. The molecule has 1 saturated heterocycles. The average Bonchev–Trinajstić information content (AvgIpc) is 3.39. The number of alkyl carbamates (subject to hydrolysis) is 1. The summed E-state index contributed by atoms with van der Waals surface area (Å²) in [5, 5.41) is 9.23. The third kappa shape index (κ3) is 5.93. The van der Waals surface area contributed by atoms with Gasteiger partial charge >= 0.3 is 6.09 Å². The van der Waals surface area contributed by atoms with Crippen molar-refractivity contribution < 1.29 is 19.1 Å². The minimum atomic E-state index is -0.432. The number of guanidine groups is 1. The largest absolute Gasteiger partial charge is 0.450 e. The van der Waals surface area contributed by atoms with Crippen LogP contribution in [0, 0.1) is 29.6 Å². The molecule has 9 nitrogen and oxygen atoms in total. The minimum absolute atomic E-state index is 0. The second-order valence-corrected chi connectivity index (χ2v) is 8.90. The van der Waals surface area contributed by atoms with Gasteiger partial charge in [0.1, 0.15) is 0 Å². The number of carbonyl (C=O) groups is 3. The highest BCUT2D eigenvalue weighted by atomic mass is 127. The summed E-state index contributed by atoms with van der Waals surface area (Å²) in [6.07, 6.45) is 5.49. The third-order valence-electron chi connectivity index (χ3n) is 6.28. The zero-order chi connectivity index (χ0) is 22.5. The zero-order valence-electron chi connectivity index (χ0n) is 19.3. The standard InChI is InChI=1S/C22H35N5O4.HI/c1-5-31-22(30)26-16(10-13(2)3)12-25-21(23-4)24-8-9-27-19(28)17-14-6-7-15(11-14)18(17)20(27)29;/h6-7,13-18H,5,8-12H2,1-4H3,(H,26,30)(H2,23,24,25);1H. The fourth-order valence-corrected chi connectivity index (χ4v) is 5.01. The zero-order valence-corrected chi connectivity index (χ0v) is 21.6. The van der Waals surface area contributed by atoms with Crippen LogP contribution in [0.5, 0.6) is 0 Å². The van der Waals surface area contributed by atoms with Crippen molar-refractivity contribution in [3.05, 3.63) is 12.2 Å². The number of hydrogen-bond acceptors (Lipinski definition) is 5. The lowest BCUT2D eigenvalue weighted by molar-refractivity contribution is -0.140. The van der Waals surface area contributed by atoms with Crippen molar-refractivity contribution in [1.29, 1.82) is 0 Å². The monoisotopic (exact) mass is 561 g/mol. The predicted octanol–water partition coefficient (Wildman–Crippen LogP) is 1.74. The van der Waals surface area contributed by atoms with Crippen molar-refractivity contribution >= 4 is 47.8 Å². The summed E-state index contributed by atoms with van der Waals surface area (Å²) in [6, 6.07) is -0.110. The van der Waals surface area contributed by atoms with Crippen molar-refractivity contribution in [3.63, 3.8) is 0 Å². The molecule has 3 N–H and O–H groups in total. The first-order chi connectivity index (χ1) is 14.8. The van der Waals surface area contributed by atoms with Crippen molar-refractivity contribution in [1.82, 2.24) is 20.9 Å². The summed E-state index contributed by atoms with van der Waals surface area (Å²) in [4.78, 5) is 42.9. The van der Waals surface area contributed by atoms with Crippen LogP contribution in [0.4, 0.5) is 4.79 Å². The molecule has 1 saturated carbocycles. The molecule has 2 aliphatic carbocycles. The van der Waals surface area contributed by atoms with Gasteiger partial charge in [-0.2, -0.15) is 0 Å². The van der Waals surface area contributed by atoms with Crippen LogP contribution in [-0.2, 0) is 14.3 Å². The minimum Gasteiger partial charge on any atom is -0.450 e. The van der Waals surface area contributed by atoms with Crippen molar-refractivity contribution in [3.8, 4) is 0 Å². The van der Waals surface area contributed by atoms with E-state index in [1.165, 1.54) is 4.90 Å². The predicted molar refractivity (Wildman–Crippen MR) is 133 cm³/mol. The molecule has 0 radical (unpaired) electrons. The highest BCUT2D eigenvalue weighted by Crippen LogP contribution is 2.52. The summed E-state index contributed by atoms with van der Waals surface area (Å²) >= 11 is 0. The molecule has 32 heavy (non-hydrogen) atoms. The van der Waals surface area contributed by atoms with E-state index in [1.807, 2.05) is 0 Å². The lowest BCUT2D eigenvalue weighted by Gasteiger charge is -2.22. The number of rotatable bonds is 9. The fraction of sp³-hybridized carbons (Fsp3) is 0.727. The van der Waals surface area contributed by atoms with Crippen LogP contribution in [0.2, 0.25) is 0 Å². The van der Waals surface area contributed by atoms with Gasteiger partial charge in [-0.3, -0.25) is 19.5 Å². The molecule has 5 atom stereocenters. The van der Waals surface area contributed by atoms with Crippen molar-refractivity contribution in [2.75, 3.05) is 33.3 Å². The lowest BCUT2D eigenvalue weighted by Crippen LogP contribution is -2.49. The average molecular weight is 561 g/mol. The van der Waals surface area contributed by atoms with Gasteiger partial charge in [-0.25, -0.2) is 4.79 Å². The molecule has 10 heteroatoms. The Labute approximate surface area is 207 Å². The van der Waals surface area contributed by atoms with E-state index in [9.17, 15) is 14.4 Å². The first kappa shape index (κ1) is 26.4. The first-order valence-electron chi connectivity index (χ1n) is 11.3. The van der Waals surface area contributed by atoms with E-state index in [2.05, 4.69) is 46.9 Å². The van der Waals surface area contributed by atoms with Gasteiger partial charge in [0.2, 0.25) is 11.8 Å². The first-order valence-corrected chi connectivity index (χ1v) is 11.3. The number of hydrogen-bond donors (Lipinski definition) is 3. The summed E-state index contributed by atoms with van der Waals surface area (Å²) < 4.78 is 4.98. The van der Waals surface area contributed by atoms with Gasteiger partial charge in [0.05, 0.1) is 18.4 Å². The molecule has 180 valence electrons. The normalized spacial score (nSPS) is 26.8. The summed E-state index contributed by atoms with van der Waals surface area (Å²) in [6.45, 7) is 7.50. The summed E-state index contributed by atoms with van der Waals surface area (Å²) in [5.74, 6) is 1.02. The van der Waals surface area contributed by atoms with E-state index in [4.69, 9.17) is 4.74 Å². The van der Waals surface area contributed by atoms with E-state index < -0.39 is 6.09 Å². The smallest absolute Gasteiger partial charge is 0.407 e. The quantitative estimate of drug-likeness (QED) is 0.130. The van der Waals surface area contributed by atoms with Gasteiger partial charge in [-0.1, -0.05) is 26.0 Å². The molecule has 5 unspecified atom stereocenters. The van der Waals surface area contributed by atoms with E-state index in [0.29, 0.717) is 38.1 Å². The number of allylic oxidation sites excluding steroid dienone is 2. The van der Waals surface area contributed by atoms with Crippen LogP contribution in [0.1, 0.15) is 33.6 Å². The molecule has 2 bridgehead atoms. The number of carbonyl (C=O) groups excluding carboxylic acids is 3. The second kappa shape index (κ2) is 11.9. The Morgan fingerprint density at radius 2 is 1.81 bits per heavy atom. The van der Waals surface area contributed by atoms with E-state index in [1.54, 1.807) is 14.0 Å². The van der Waals surface area contributed by atoms with Gasteiger partial charge in [-0.15, -0.1) is 24.0 Å². The Bertz CT molecular complexity index is 727. The highest BCUT2D eigenvalue weighted by Gasteiger charge is 2.58. The lowest BCUT2D eigenvalue weighted by atomic mass is 9.85. The van der Waals surface area contributed by atoms with Crippen molar-refractivity contribution in [2.24, 2.45) is 34.6 Å². The van der Waals surface area contributed by atoms with Gasteiger partial charge in [0.25, 0.3) is 0 Å². The van der Waals surface area contributed by atoms with Crippen LogP contribution >= 0.6 is 24.0 Å². The van der Waals surface area contributed by atoms with E-state index in [0.717, 1.165) is 12.8 Å². The maximum Gasteiger partial charge on any atom is 0.407 e. The molecule has 1 aliphatic heterocycles. The van der Waals surface area contributed by atoms with E-state index in [-0.39, 0.29) is 65.5 Å². The second-order valence-electron chi connectivity index (χ2n) is 8.90. The van der Waals surface area contributed by atoms with Gasteiger partial charge < -0.3 is 20.7 Å². The van der Waals surface area contributed by atoms with Crippen LogP contribution in [0.3, 0.4) is 0 Å². The van der Waals surface area contributed by atoms with Crippen LogP contribution < -0.4 is 16.0 Å². The SMILES string of the molecule is CCOC(=O)NC(CNC(=NC)NCCN1C(=O)C2C3C=CC(C3)C2C1=O)CC(C)C.I. The molecule has 3 rings (SSSR count). The Morgan fingerprint density at radius 3 is 2.34 bits per heavy atom. The number of ether oxygens (including phenoxy) is 1. The van der Waals surface area contributed by atoms with Gasteiger partial charge in [0, 0.05) is 32.7 Å². The molecule has 2 fully saturated rings. The molecular weight excluding hydrogens is 525 g/mol. The van der Waals surface area contributed by atoms with Gasteiger partial charge in [-0.05, 0) is 37.5 Å². The number of nitrogens with one attached hydrogen (secondary N) is 3. The Kier molecular flexibility index (Phi) is 9.78. The number of halogens is 1. The fourth-order valence-electron chi connectivity index (χ4n) is 5.01. The molecule has 0 aromatic carbocycles. The Hall–Kier alpha value is -1.85. The maximum atomic E-state index is 12.8. The topological polar surface area (TPSA) is 112 Å². The van der Waals surface area contributed by atoms with Crippen LogP contribution in [0.15, 0.2) is 17.1 Å². The Morgan fingerprint density at radius 1 is 1.19 bits per heavy atom. The van der Waals surface area contributed by atoms with Gasteiger partial charge in [0.15, 0.2) is 5.96 Å². The number of likely N-dealkylation sites (tertiary alicyclic amines) is 1. The molecule has 3 aliphatic rings. The summed E-state index contributed by atoms with van der Waals surface area (Å²) in [5.41, 5.74) is 0. The maximum absolute atomic E-state index is 12.8. The molecule has 0 aromatic heterocycles. The number of nitrogens with zero attached hydrogens (tertiary/aromatic N) is 2. The van der Waals surface area contributed by atoms with E-state index >= 15 is 0 Å². The molecule has 1 heterocycles. The van der Waals surface area contributed by atoms with Crippen LogP contribution in [-0.4, -0.2) is 68.1 Å². The highest BCUT2D eigenvalue weighted by molar-refractivity contribution is 14.0. The number of amides is 3. The van der Waals surface area contributed by atoms with Crippen molar-refractivity contribution in [2.45, 2.75) is 39.7 Å². The molecular formula is C22H36IN5O4. The van der Waals surface area contributed by atoms with Crippen LogP contribution in [0.25, 0.3) is 0 Å². The Balaban J connectivity index is 0.00000363. The molecule has 3 amide bonds. The molecule has 0 spiro atoms. The number of imide groups is 1. The number of aliphatic imine (C=N–C) groups is 1. The molecule has 0 aromatic rings. The third-order valence-corrected chi connectivity index (χ3v) is 6.28. The number of fused-ring (bicyclic) bond motifs is 5.